The Morgan fingerprint density at radius 3 is 2.82 bits per heavy atom. The molecule has 0 bridgehead atoms. The zero-order valence-electron chi connectivity index (χ0n) is 15.7. The molecule has 1 aromatic carbocycles. The summed E-state index contributed by atoms with van der Waals surface area (Å²) in [5.41, 5.74) is 1.35. The van der Waals surface area contributed by atoms with Gasteiger partial charge in [-0.25, -0.2) is 0 Å². The van der Waals surface area contributed by atoms with Crippen molar-refractivity contribution in [2.24, 2.45) is 0 Å². The third kappa shape index (κ3) is 3.02. The van der Waals surface area contributed by atoms with Crippen molar-refractivity contribution in [3.63, 3.8) is 0 Å². The number of nitrogens with zero attached hydrogens (tertiary/aromatic N) is 3. The minimum atomic E-state index is -0.730. The van der Waals surface area contributed by atoms with E-state index >= 15 is 0 Å². The van der Waals surface area contributed by atoms with E-state index in [4.69, 9.17) is 0 Å². The molecule has 1 fully saturated rings. The Bertz CT molecular complexity index is 930. The van der Waals surface area contributed by atoms with Gasteiger partial charge in [0.25, 0.3) is 5.91 Å². The molecule has 0 aliphatic carbocycles. The van der Waals surface area contributed by atoms with Crippen LogP contribution in [0.1, 0.15) is 42.1 Å². The third-order valence-corrected chi connectivity index (χ3v) is 5.52. The Morgan fingerprint density at radius 1 is 1.21 bits per heavy atom. The van der Waals surface area contributed by atoms with Crippen molar-refractivity contribution in [3.05, 3.63) is 59.9 Å². The number of pyridine rings is 1. The van der Waals surface area contributed by atoms with E-state index in [1.165, 1.54) is 0 Å². The molecular weight excluding hydrogens is 356 g/mol. The lowest BCUT2D eigenvalue weighted by Gasteiger charge is -2.48. The summed E-state index contributed by atoms with van der Waals surface area (Å²) in [7, 11) is 0. The number of carbonyl (C=O) groups is 3. The lowest BCUT2D eigenvalue weighted by Crippen LogP contribution is -2.62. The van der Waals surface area contributed by atoms with Gasteiger partial charge in [0.15, 0.2) is 0 Å². The zero-order valence-corrected chi connectivity index (χ0v) is 15.7. The Kier molecular flexibility index (Phi) is 4.58. The molecule has 28 heavy (non-hydrogen) atoms. The van der Waals surface area contributed by atoms with E-state index in [0.717, 1.165) is 5.56 Å². The highest BCUT2D eigenvalue weighted by atomic mass is 16.2. The van der Waals surface area contributed by atoms with Crippen LogP contribution in [0.2, 0.25) is 0 Å². The van der Waals surface area contributed by atoms with Crippen LogP contribution >= 0.6 is 0 Å². The number of hydrogen-bond acceptors (Lipinski definition) is 4. The molecule has 1 saturated heterocycles. The molecule has 144 valence electrons. The minimum absolute atomic E-state index is 0.00785. The Labute approximate surface area is 163 Å². The zero-order chi connectivity index (χ0) is 19.7. The summed E-state index contributed by atoms with van der Waals surface area (Å²) in [6, 6.07) is 10.9. The van der Waals surface area contributed by atoms with Gasteiger partial charge in [-0.3, -0.25) is 24.3 Å². The lowest BCUT2D eigenvalue weighted by atomic mass is 9.98. The summed E-state index contributed by atoms with van der Waals surface area (Å²) >= 11 is 0. The molecule has 2 aromatic rings. The average Bonchev–Trinajstić information content (AvgIpc) is 3.02. The maximum atomic E-state index is 13.1. The van der Waals surface area contributed by atoms with Gasteiger partial charge in [-0.2, -0.15) is 0 Å². The van der Waals surface area contributed by atoms with Crippen LogP contribution < -0.4 is 10.2 Å². The molecule has 7 heteroatoms. The predicted octanol–water partition coefficient (Wildman–Crippen LogP) is 2.09. The summed E-state index contributed by atoms with van der Waals surface area (Å²) in [5.74, 6) is -0.271. The van der Waals surface area contributed by atoms with Crippen LogP contribution in [0.3, 0.4) is 0 Å². The number of anilines is 1. The van der Waals surface area contributed by atoms with Crippen LogP contribution in [-0.2, 0) is 16.1 Å². The molecule has 1 unspecified atom stereocenters. The quantitative estimate of drug-likeness (QED) is 0.864. The molecule has 7 nitrogen and oxygen atoms in total. The molecule has 2 aliphatic heterocycles. The highest BCUT2D eigenvalue weighted by Gasteiger charge is 2.52. The van der Waals surface area contributed by atoms with E-state index in [1.807, 2.05) is 31.2 Å². The second-order valence-corrected chi connectivity index (χ2v) is 7.31. The fraction of sp³-hybridized carbons (Fsp3) is 0.333. The van der Waals surface area contributed by atoms with Crippen molar-refractivity contribution in [1.29, 1.82) is 0 Å². The Morgan fingerprint density at radius 2 is 2.04 bits per heavy atom. The summed E-state index contributed by atoms with van der Waals surface area (Å²) < 4.78 is 0. The Balaban J connectivity index is 1.49. The third-order valence-electron chi connectivity index (χ3n) is 5.52. The molecule has 1 aromatic heterocycles. The molecule has 4 rings (SSSR count). The van der Waals surface area contributed by atoms with Crippen LogP contribution in [0.15, 0.2) is 48.8 Å². The van der Waals surface area contributed by atoms with E-state index < -0.39 is 5.66 Å². The Hall–Kier alpha value is -3.22. The first-order chi connectivity index (χ1) is 13.5. The molecular formula is C21H22N4O3. The topological polar surface area (TPSA) is 82.6 Å². The van der Waals surface area contributed by atoms with E-state index in [2.05, 4.69) is 10.3 Å². The van der Waals surface area contributed by atoms with Crippen molar-refractivity contribution >= 4 is 23.4 Å². The van der Waals surface area contributed by atoms with Crippen molar-refractivity contribution in [3.8, 4) is 0 Å². The molecule has 1 N–H and O–H groups in total. The summed E-state index contributed by atoms with van der Waals surface area (Å²) in [4.78, 5) is 45.4. The van der Waals surface area contributed by atoms with Gasteiger partial charge in [0.1, 0.15) is 5.66 Å². The van der Waals surface area contributed by atoms with Crippen molar-refractivity contribution < 1.29 is 14.4 Å². The van der Waals surface area contributed by atoms with Crippen LogP contribution in [0, 0.1) is 0 Å². The summed E-state index contributed by atoms with van der Waals surface area (Å²) in [6.07, 6.45) is 4.51. The van der Waals surface area contributed by atoms with Crippen molar-refractivity contribution in [2.45, 2.75) is 38.4 Å². The van der Waals surface area contributed by atoms with Crippen molar-refractivity contribution in [1.82, 2.24) is 15.2 Å². The van der Waals surface area contributed by atoms with Crippen LogP contribution in [0.4, 0.5) is 5.69 Å². The number of amides is 3. The maximum Gasteiger partial charge on any atom is 0.257 e. The van der Waals surface area contributed by atoms with Crippen LogP contribution in [0.5, 0.6) is 0 Å². The van der Waals surface area contributed by atoms with E-state index in [1.54, 1.807) is 34.3 Å². The summed E-state index contributed by atoms with van der Waals surface area (Å²) in [5, 5.41) is 2.86. The van der Waals surface area contributed by atoms with Gasteiger partial charge >= 0.3 is 0 Å². The normalized spacial score (nSPS) is 20.8. The first kappa shape index (κ1) is 18.2. The number of benzene rings is 1. The fourth-order valence-corrected chi connectivity index (χ4v) is 4.05. The van der Waals surface area contributed by atoms with E-state index in [-0.39, 0.29) is 30.7 Å². The monoisotopic (exact) mass is 378 g/mol. The van der Waals surface area contributed by atoms with Gasteiger partial charge in [0.05, 0.1) is 11.3 Å². The maximum absolute atomic E-state index is 13.1. The van der Waals surface area contributed by atoms with Crippen molar-refractivity contribution in [2.75, 3.05) is 11.4 Å². The van der Waals surface area contributed by atoms with Crippen LogP contribution in [0.25, 0.3) is 0 Å². The highest BCUT2D eigenvalue weighted by Crippen LogP contribution is 2.43. The second kappa shape index (κ2) is 7.07. The number of rotatable bonds is 5. The van der Waals surface area contributed by atoms with E-state index in [0.29, 0.717) is 30.6 Å². The number of para-hydroxylation sites is 1. The largest absolute Gasteiger partial charge is 0.352 e. The van der Waals surface area contributed by atoms with Gasteiger partial charge in [-0.05, 0) is 37.1 Å². The first-order valence-corrected chi connectivity index (χ1v) is 9.40. The number of aromatic nitrogens is 1. The van der Waals surface area contributed by atoms with Gasteiger partial charge in [0, 0.05) is 38.3 Å². The lowest BCUT2D eigenvalue weighted by molar-refractivity contribution is -0.121. The number of fused-ring (bicyclic) bond motifs is 3. The molecule has 3 heterocycles. The summed E-state index contributed by atoms with van der Waals surface area (Å²) in [6.45, 7) is 2.55. The highest BCUT2D eigenvalue weighted by molar-refractivity contribution is 6.10. The average molecular weight is 378 g/mol. The first-order valence-electron chi connectivity index (χ1n) is 9.40. The number of carbonyl (C=O) groups excluding carboxylic acids is 3. The van der Waals surface area contributed by atoms with Gasteiger partial charge in [-0.15, -0.1) is 0 Å². The molecule has 0 spiro atoms. The predicted molar refractivity (Wildman–Crippen MR) is 103 cm³/mol. The standard InChI is InChI=1S/C21H22N4O3/c1-21-10-8-19(27)25(21)17-7-3-2-6-16(17)20(28)24(21)12-9-18(26)23-14-15-5-4-11-22-13-15/h2-7,11,13H,8-10,12,14H2,1H3,(H,23,26). The smallest absolute Gasteiger partial charge is 0.257 e. The van der Waals surface area contributed by atoms with Gasteiger partial charge in [0.2, 0.25) is 11.8 Å². The van der Waals surface area contributed by atoms with Crippen LogP contribution in [-0.4, -0.2) is 39.8 Å². The molecule has 3 amide bonds. The van der Waals surface area contributed by atoms with Gasteiger partial charge in [-0.1, -0.05) is 18.2 Å². The molecule has 0 saturated carbocycles. The molecule has 0 radical (unpaired) electrons. The van der Waals surface area contributed by atoms with E-state index in [9.17, 15) is 14.4 Å². The second-order valence-electron chi connectivity index (χ2n) is 7.31. The SMILES string of the molecule is CC12CCC(=O)N1c1ccccc1C(=O)N2CCC(=O)NCc1cccnc1. The molecule has 1 atom stereocenters. The molecule has 2 aliphatic rings. The number of hydrogen-bond donors (Lipinski definition) is 1. The fourth-order valence-electron chi connectivity index (χ4n) is 4.05. The number of nitrogens with one attached hydrogen (secondary N) is 1. The van der Waals surface area contributed by atoms with Gasteiger partial charge < -0.3 is 10.2 Å². The minimum Gasteiger partial charge on any atom is -0.352 e.